The van der Waals surface area contributed by atoms with Gasteiger partial charge in [0.25, 0.3) is 0 Å². The molecule has 1 aliphatic heterocycles. The molecule has 20 heavy (non-hydrogen) atoms. The predicted molar refractivity (Wildman–Crippen MR) is 77.6 cm³/mol. The molecule has 0 spiro atoms. The minimum atomic E-state index is -0.122. The van der Waals surface area contributed by atoms with Crippen LogP contribution in [0.5, 0.6) is 5.75 Å². The van der Waals surface area contributed by atoms with Gasteiger partial charge >= 0.3 is 0 Å². The monoisotopic (exact) mass is 275 g/mol. The van der Waals surface area contributed by atoms with Crippen molar-refractivity contribution in [2.45, 2.75) is 19.1 Å². The van der Waals surface area contributed by atoms with Gasteiger partial charge in [-0.05, 0) is 24.6 Å². The second-order valence-corrected chi connectivity index (χ2v) is 4.87. The predicted octanol–water partition coefficient (Wildman–Crippen LogP) is 1.26. The van der Waals surface area contributed by atoms with Crippen molar-refractivity contribution in [3.8, 4) is 17.6 Å². The van der Waals surface area contributed by atoms with E-state index < -0.39 is 0 Å². The molecule has 1 saturated heterocycles. The maximum atomic E-state index is 8.76. The molecule has 2 rings (SSSR count). The first-order valence-corrected chi connectivity index (χ1v) is 6.78. The van der Waals surface area contributed by atoms with E-state index in [-0.39, 0.29) is 6.61 Å². The largest absolute Gasteiger partial charge is 0.496 e. The number of likely N-dealkylation sites (tertiary alicyclic amines) is 1. The Balaban J connectivity index is 2.12. The highest BCUT2D eigenvalue weighted by atomic mass is 16.5. The third-order valence-corrected chi connectivity index (χ3v) is 3.55. The number of ether oxygens (including phenoxy) is 2. The first-order chi connectivity index (χ1) is 9.76. The van der Waals surface area contributed by atoms with Gasteiger partial charge < -0.3 is 14.6 Å². The summed E-state index contributed by atoms with van der Waals surface area (Å²) < 4.78 is 10.8. The van der Waals surface area contributed by atoms with Crippen molar-refractivity contribution >= 4 is 0 Å². The van der Waals surface area contributed by atoms with E-state index in [2.05, 4.69) is 16.7 Å². The van der Waals surface area contributed by atoms with Crippen molar-refractivity contribution in [3.05, 3.63) is 29.3 Å². The standard InChI is InChI=1S/C16H21NO3/c1-19-15-7-8-17(12-15)11-14-10-13(4-3-9-18)5-6-16(14)20-2/h5-6,10,15,18H,7-9,11-12H2,1-2H3. The molecular weight excluding hydrogens is 254 g/mol. The number of hydrogen-bond acceptors (Lipinski definition) is 4. The number of aliphatic hydroxyl groups is 1. The van der Waals surface area contributed by atoms with Gasteiger partial charge in [-0.15, -0.1) is 0 Å². The highest BCUT2D eigenvalue weighted by Gasteiger charge is 2.22. The molecule has 1 aromatic carbocycles. The van der Waals surface area contributed by atoms with Gasteiger partial charge in [-0.1, -0.05) is 11.8 Å². The van der Waals surface area contributed by atoms with E-state index in [1.807, 2.05) is 18.2 Å². The molecule has 1 aliphatic rings. The molecule has 1 aromatic rings. The van der Waals surface area contributed by atoms with E-state index in [1.54, 1.807) is 14.2 Å². The fourth-order valence-corrected chi connectivity index (χ4v) is 2.50. The van der Waals surface area contributed by atoms with Crippen LogP contribution in [0, 0.1) is 11.8 Å². The van der Waals surface area contributed by atoms with Gasteiger partial charge in [0.1, 0.15) is 12.4 Å². The van der Waals surface area contributed by atoms with Crippen molar-refractivity contribution in [2.24, 2.45) is 0 Å². The molecule has 1 heterocycles. The Hall–Kier alpha value is -1.54. The van der Waals surface area contributed by atoms with E-state index in [0.717, 1.165) is 42.9 Å². The number of hydrogen-bond donors (Lipinski definition) is 1. The Morgan fingerprint density at radius 2 is 2.25 bits per heavy atom. The van der Waals surface area contributed by atoms with Gasteiger partial charge in [0.15, 0.2) is 0 Å². The minimum Gasteiger partial charge on any atom is -0.496 e. The number of rotatable bonds is 4. The number of methoxy groups -OCH3 is 2. The topological polar surface area (TPSA) is 41.9 Å². The lowest BCUT2D eigenvalue weighted by Gasteiger charge is -2.17. The van der Waals surface area contributed by atoms with E-state index in [1.165, 1.54) is 0 Å². The first kappa shape index (κ1) is 14.9. The Bertz CT molecular complexity index is 504. The number of aliphatic hydroxyl groups excluding tert-OH is 1. The molecule has 0 amide bonds. The molecule has 4 nitrogen and oxygen atoms in total. The molecule has 1 fully saturated rings. The van der Waals surface area contributed by atoms with Crippen molar-refractivity contribution in [3.63, 3.8) is 0 Å². The van der Waals surface area contributed by atoms with Crippen molar-refractivity contribution in [1.82, 2.24) is 4.90 Å². The highest BCUT2D eigenvalue weighted by Crippen LogP contribution is 2.23. The van der Waals surface area contributed by atoms with E-state index in [0.29, 0.717) is 6.10 Å². The zero-order valence-corrected chi connectivity index (χ0v) is 12.1. The minimum absolute atomic E-state index is 0.122. The summed E-state index contributed by atoms with van der Waals surface area (Å²) in [5.74, 6) is 6.48. The SMILES string of the molecule is COc1ccc(C#CCO)cc1CN1CCC(OC)C1. The normalized spacial score (nSPS) is 18.6. The summed E-state index contributed by atoms with van der Waals surface area (Å²) in [6.07, 6.45) is 1.40. The second-order valence-electron chi connectivity index (χ2n) is 4.87. The molecule has 108 valence electrons. The Labute approximate surface area is 120 Å². The molecule has 0 aromatic heterocycles. The van der Waals surface area contributed by atoms with Crippen LogP contribution in [-0.2, 0) is 11.3 Å². The van der Waals surface area contributed by atoms with Crippen molar-refractivity contribution < 1.29 is 14.6 Å². The third kappa shape index (κ3) is 3.73. The molecule has 0 aliphatic carbocycles. The van der Waals surface area contributed by atoms with Gasteiger partial charge in [-0.25, -0.2) is 0 Å². The van der Waals surface area contributed by atoms with Gasteiger partial charge in [0.05, 0.1) is 13.2 Å². The Morgan fingerprint density at radius 1 is 1.40 bits per heavy atom. The fraction of sp³-hybridized carbons (Fsp3) is 0.500. The van der Waals surface area contributed by atoms with Gasteiger partial charge in [0.2, 0.25) is 0 Å². The fourth-order valence-electron chi connectivity index (χ4n) is 2.50. The summed E-state index contributed by atoms with van der Waals surface area (Å²) in [4.78, 5) is 2.36. The van der Waals surface area contributed by atoms with Gasteiger partial charge in [0, 0.05) is 37.9 Å². The third-order valence-electron chi connectivity index (χ3n) is 3.55. The summed E-state index contributed by atoms with van der Waals surface area (Å²) in [5, 5.41) is 8.76. The van der Waals surface area contributed by atoms with Crippen LogP contribution >= 0.6 is 0 Å². The molecule has 1 atom stereocenters. The Morgan fingerprint density at radius 3 is 2.90 bits per heavy atom. The van der Waals surface area contributed by atoms with Crippen LogP contribution in [0.1, 0.15) is 17.5 Å². The summed E-state index contributed by atoms with van der Waals surface area (Å²) in [5.41, 5.74) is 2.02. The van der Waals surface area contributed by atoms with Crippen molar-refractivity contribution in [1.29, 1.82) is 0 Å². The lowest BCUT2D eigenvalue weighted by atomic mass is 10.1. The zero-order valence-electron chi connectivity index (χ0n) is 12.1. The van der Waals surface area contributed by atoms with E-state index in [9.17, 15) is 0 Å². The molecule has 0 bridgehead atoms. The highest BCUT2D eigenvalue weighted by molar-refractivity contribution is 5.44. The quantitative estimate of drug-likeness (QED) is 0.840. The summed E-state index contributed by atoms with van der Waals surface area (Å²) in [6.45, 7) is 2.70. The lowest BCUT2D eigenvalue weighted by Crippen LogP contribution is -2.22. The smallest absolute Gasteiger partial charge is 0.123 e. The van der Waals surface area contributed by atoms with Crippen LogP contribution < -0.4 is 4.74 Å². The Kier molecular flexibility index (Phi) is 5.42. The maximum absolute atomic E-state index is 8.76. The summed E-state index contributed by atoms with van der Waals surface area (Å²) in [7, 11) is 3.44. The molecule has 0 saturated carbocycles. The van der Waals surface area contributed by atoms with Crippen LogP contribution in [-0.4, -0.2) is 50.0 Å². The molecular formula is C16H21NO3. The van der Waals surface area contributed by atoms with Crippen LogP contribution in [0.3, 0.4) is 0 Å². The lowest BCUT2D eigenvalue weighted by molar-refractivity contribution is 0.107. The van der Waals surface area contributed by atoms with Crippen LogP contribution in [0.25, 0.3) is 0 Å². The number of nitrogens with zero attached hydrogens (tertiary/aromatic N) is 1. The average Bonchev–Trinajstić information content (AvgIpc) is 2.93. The summed E-state index contributed by atoms with van der Waals surface area (Å²) in [6, 6.07) is 5.87. The van der Waals surface area contributed by atoms with E-state index in [4.69, 9.17) is 14.6 Å². The van der Waals surface area contributed by atoms with E-state index >= 15 is 0 Å². The molecule has 1 N–H and O–H groups in total. The molecule has 4 heteroatoms. The average molecular weight is 275 g/mol. The maximum Gasteiger partial charge on any atom is 0.123 e. The molecule has 1 unspecified atom stereocenters. The first-order valence-electron chi connectivity index (χ1n) is 6.78. The zero-order chi connectivity index (χ0) is 14.4. The van der Waals surface area contributed by atoms with Gasteiger partial charge in [-0.2, -0.15) is 0 Å². The van der Waals surface area contributed by atoms with Crippen LogP contribution in [0.4, 0.5) is 0 Å². The molecule has 0 radical (unpaired) electrons. The second kappa shape index (κ2) is 7.30. The number of benzene rings is 1. The van der Waals surface area contributed by atoms with Crippen molar-refractivity contribution in [2.75, 3.05) is 33.9 Å². The summed E-state index contributed by atoms with van der Waals surface area (Å²) >= 11 is 0. The van der Waals surface area contributed by atoms with Crippen LogP contribution in [0.2, 0.25) is 0 Å². The van der Waals surface area contributed by atoms with Gasteiger partial charge in [-0.3, -0.25) is 4.90 Å². The van der Waals surface area contributed by atoms with Crippen LogP contribution in [0.15, 0.2) is 18.2 Å².